The number of benzene rings is 2. The lowest BCUT2D eigenvalue weighted by atomic mass is 9.98. The molecular formula is C30H35N5O2S. The molecule has 7 nitrogen and oxygen atoms in total. The third kappa shape index (κ3) is 5.34. The van der Waals surface area contributed by atoms with Crippen molar-refractivity contribution in [3.63, 3.8) is 0 Å². The molecule has 4 aromatic rings. The number of nitrogens with zero attached hydrogens (tertiary/aromatic N) is 4. The fraction of sp³-hybridized carbons (Fsp3) is 0.400. The lowest BCUT2D eigenvalue weighted by Gasteiger charge is -2.32. The van der Waals surface area contributed by atoms with Crippen LogP contribution < -0.4 is 10.2 Å². The number of aromatic nitrogens is 2. The van der Waals surface area contributed by atoms with Crippen LogP contribution in [0.4, 0.5) is 5.13 Å². The molecule has 0 saturated carbocycles. The second-order valence-corrected chi connectivity index (χ2v) is 11.3. The van der Waals surface area contributed by atoms with Crippen LogP contribution >= 0.6 is 11.3 Å². The summed E-state index contributed by atoms with van der Waals surface area (Å²) in [5.74, 6) is -0.0731. The van der Waals surface area contributed by atoms with Gasteiger partial charge in [-0.05, 0) is 49.9 Å². The molecule has 2 aromatic heterocycles. The van der Waals surface area contributed by atoms with E-state index in [-0.39, 0.29) is 18.2 Å². The number of para-hydroxylation sites is 1. The van der Waals surface area contributed by atoms with E-state index in [1.165, 1.54) is 34.2 Å². The third-order valence-electron chi connectivity index (χ3n) is 7.71. The molecule has 2 saturated heterocycles. The van der Waals surface area contributed by atoms with E-state index in [4.69, 9.17) is 4.74 Å². The number of hydrogen-bond acceptors (Lipinski definition) is 6. The molecule has 2 aromatic carbocycles. The summed E-state index contributed by atoms with van der Waals surface area (Å²) >= 11 is 1.48. The van der Waals surface area contributed by atoms with E-state index < -0.39 is 0 Å². The average molecular weight is 530 g/mol. The molecule has 6 rings (SSSR count). The molecule has 0 spiro atoms. The standard InChI is InChI=1S/C30H35N5O2S/c1-33-14-16-34(17-15-33)30-31-20-27(38-30)29(36)32-25(22-9-3-2-4-10-22)19-23-21-35(28-13-7-8-18-37-28)26-12-6-5-11-24(23)26/h2-6,9-12,20-21,25,28H,7-8,13-19H2,1H3,(H,32,36). The van der Waals surface area contributed by atoms with E-state index in [1.807, 2.05) is 18.2 Å². The maximum atomic E-state index is 13.5. The minimum atomic E-state index is -0.163. The second-order valence-electron chi connectivity index (χ2n) is 10.3. The number of carbonyl (C=O) groups is 1. The molecule has 198 valence electrons. The summed E-state index contributed by atoms with van der Waals surface area (Å²) < 4.78 is 8.43. The second kappa shape index (κ2) is 11.3. The van der Waals surface area contributed by atoms with Gasteiger partial charge in [-0.3, -0.25) is 4.79 Å². The SMILES string of the molecule is CN1CCN(c2ncc(C(=O)NC(Cc3cn(C4CCCCO4)c4ccccc34)c3ccccc3)s2)CC1. The van der Waals surface area contributed by atoms with Crippen LogP contribution in [0, 0.1) is 0 Å². The van der Waals surface area contributed by atoms with Gasteiger partial charge in [-0.15, -0.1) is 0 Å². The van der Waals surface area contributed by atoms with Crippen molar-refractivity contribution in [1.82, 2.24) is 19.8 Å². The zero-order chi connectivity index (χ0) is 25.9. The smallest absolute Gasteiger partial charge is 0.263 e. The minimum absolute atomic E-state index is 0.0670. The Labute approximate surface area is 228 Å². The van der Waals surface area contributed by atoms with Crippen LogP contribution in [0.2, 0.25) is 0 Å². The van der Waals surface area contributed by atoms with E-state index in [0.29, 0.717) is 11.3 Å². The Morgan fingerprint density at radius 1 is 1.08 bits per heavy atom. The highest BCUT2D eigenvalue weighted by Crippen LogP contribution is 2.33. The number of amides is 1. The van der Waals surface area contributed by atoms with Crippen LogP contribution in [-0.2, 0) is 11.2 Å². The molecule has 2 aliphatic heterocycles. The largest absolute Gasteiger partial charge is 0.358 e. The first kappa shape index (κ1) is 25.1. The molecular weight excluding hydrogens is 494 g/mol. The van der Waals surface area contributed by atoms with Crippen LogP contribution in [0.15, 0.2) is 67.0 Å². The summed E-state index contributed by atoms with van der Waals surface area (Å²) in [6.07, 6.45) is 8.05. The number of rotatable bonds is 7. The monoisotopic (exact) mass is 529 g/mol. The summed E-state index contributed by atoms with van der Waals surface area (Å²) in [4.78, 5) is 23.3. The molecule has 2 unspecified atom stereocenters. The fourth-order valence-corrected chi connectivity index (χ4v) is 6.39. The zero-order valence-electron chi connectivity index (χ0n) is 21.9. The molecule has 0 aliphatic carbocycles. The van der Waals surface area contributed by atoms with Crippen molar-refractivity contribution in [3.05, 3.63) is 83.0 Å². The zero-order valence-corrected chi connectivity index (χ0v) is 22.7. The molecule has 1 amide bonds. The highest BCUT2D eigenvalue weighted by atomic mass is 32.1. The van der Waals surface area contributed by atoms with Gasteiger partial charge in [0.2, 0.25) is 0 Å². The van der Waals surface area contributed by atoms with Crippen molar-refractivity contribution in [3.8, 4) is 0 Å². The van der Waals surface area contributed by atoms with Crippen LogP contribution in [0.3, 0.4) is 0 Å². The van der Waals surface area contributed by atoms with Crippen molar-refractivity contribution in [2.24, 2.45) is 0 Å². The van der Waals surface area contributed by atoms with Gasteiger partial charge in [0.25, 0.3) is 5.91 Å². The van der Waals surface area contributed by atoms with Gasteiger partial charge in [0, 0.05) is 44.4 Å². The first-order valence-electron chi connectivity index (χ1n) is 13.6. The predicted octanol–water partition coefficient (Wildman–Crippen LogP) is 5.26. The summed E-state index contributed by atoms with van der Waals surface area (Å²) in [7, 11) is 2.14. The summed E-state index contributed by atoms with van der Waals surface area (Å²) in [5, 5.41) is 5.48. The first-order valence-corrected chi connectivity index (χ1v) is 14.4. The Kier molecular flexibility index (Phi) is 7.44. The number of hydrogen-bond donors (Lipinski definition) is 1. The van der Waals surface area contributed by atoms with Crippen LogP contribution in [0.25, 0.3) is 10.9 Å². The number of carbonyl (C=O) groups excluding carboxylic acids is 1. The third-order valence-corrected chi connectivity index (χ3v) is 8.77. The average Bonchev–Trinajstić information content (AvgIpc) is 3.60. The number of nitrogens with one attached hydrogen (secondary N) is 1. The van der Waals surface area contributed by atoms with Crippen LogP contribution in [0.1, 0.15) is 52.3 Å². The Bertz CT molecular complexity index is 1370. The summed E-state index contributed by atoms with van der Waals surface area (Å²) in [6, 6.07) is 18.6. The normalized spacial score (nSPS) is 19.5. The van der Waals surface area contributed by atoms with Gasteiger partial charge in [-0.25, -0.2) is 4.98 Å². The van der Waals surface area contributed by atoms with Gasteiger partial charge in [0.05, 0.1) is 17.8 Å². The molecule has 38 heavy (non-hydrogen) atoms. The highest BCUT2D eigenvalue weighted by Gasteiger charge is 2.24. The number of piperazine rings is 1. The van der Waals surface area contributed by atoms with Crippen molar-refractivity contribution < 1.29 is 9.53 Å². The predicted molar refractivity (Wildman–Crippen MR) is 153 cm³/mol. The van der Waals surface area contributed by atoms with E-state index in [2.05, 4.69) is 74.3 Å². The Morgan fingerprint density at radius 2 is 1.87 bits per heavy atom. The van der Waals surface area contributed by atoms with Crippen LogP contribution in [-0.4, -0.2) is 60.2 Å². The van der Waals surface area contributed by atoms with Gasteiger partial charge in [-0.2, -0.15) is 0 Å². The molecule has 0 bridgehead atoms. The van der Waals surface area contributed by atoms with Crippen molar-refractivity contribution in [1.29, 1.82) is 0 Å². The lowest BCUT2D eigenvalue weighted by molar-refractivity contribution is -0.0292. The molecule has 2 fully saturated rings. The summed E-state index contributed by atoms with van der Waals surface area (Å²) in [5.41, 5.74) is 3.49. The van der Waals surface area contributed by atoms with E-state index in [0.717, 1.165) is 56.3 Å². The Hall–Kier alpha value is -3.20. The van der Waals surface area contributed by atoms with Gasteiger partial charge < -0.3 is 24.4 Å². The maximum absolute atomic E-state index is 13.5. The van der Waals surface area contributed by atoms with Gasteiger partial charge >= 0.3 is 0 Å². The number of likely N-dealkylation sites (N-methyl/N-ethyl adjacent to an activating group) is 1. The molecule has 8 heteroatoms. The van der Waals surface area contributed by atoms with E-state index in [9.17, 15) is 4.79 Å². The first-order chi connectivity index (χ1) is 18.7. The fourth-order valence-electron chi connectivity index (χ4n) is 5.52. The molecule has 0 radical (unpaired) electrons. The molecule has 1 N–H and O–H groups in total. The lowest BCUT2D eigenvalue weighted by Crippen LogP contribution is -2.44. The van der Waals surface area contributed by atoms with Gasteiger partial charge in [-0.1, -0.05) is 59.9 Å². The number of ether oxygens (including phenoxy) is 1. The van der Waals surface area contributed by atoms with Crippen LogP contribution in [0.5, 0.6) is 0 Å². The Morgan fingerprint density at radius 3 is 2.66 bits per heavy atom. The number of anilines is 1. The van der Waals surface area contributed by atoms with Crippen molar-refractivity contribution >= 4 is 33.3 Å². The molecule has 2 atom stereocenters. The number of fused-ring (bicyclic) bond motifs is 1. The van der Waals surface area contributed by atoms with Crippen molar-refractivity contribution in [2.45, 2.75) is 38.0 Å². The van der Waals surface area contributed by atoms with Crippen molar-refractivity contribution in [2.75, 3.05) is 44.7 Å². The quantitative estimate of drug-likeness (QED) is 0.354. The number of thiazole rings is 1. The van der Waals surface area contributed by atoms with Gasteiger partial charge in [0.1, 0.15) is 11.1 Å². The van der Waals surface area contributed by atoms with E-state index >= 15 is 0 Å². The Balaban J connectivity index is 1.26. The van der Waals surface area contributed by atoms with E-state index in [1.54, 1.807) is 6.20 Å². The topological polar surface area (TPSA) is 62.6 Å². The molecule has 2 aliphatic rings. The minimum Gasteiger partial charge on any atom is -0.358 e. The molecule has 4 heterocycles. The maximum Gasteiger partial charge on any atom is 0.263 e. The summed E-state index contributed by atoms with van der Waals surface area (Å²) in [6.45, 7) is 4.70. The highest BCUT2D eigenvalue weighted by molar-refractivity contribution is 7.17. The van der Waals surface area contributed by atoms with Gasteiger partial charge in [0.15, 0.2) is 5.13 Å².